The molecule has 0 spiro atoms. The topological polar surface area (TPSA) is 67.4 Å². The Bertz CT molecular complexity index is 736. The zero-order chi connectivity index (χ0) is 17.7. The van der Waals surface area contributed by atoms with E-state index < -0.39 is 6.10 Å². The highest BCUT2D eigenvalue weighted by Crippen LogP contribution is 2.24. The Morgan fingerprint density at radius 1 is 0.958 bits per heavy atom. The van der Waals surface area contributed by atoms with Crippen LogP contribution in [0.15, 0.2) is 42.5 Å². The molecular formula is C19H22N2O3. The lowest BCUT2D eigenvalue weighted by Crippen LogP contribution is -2.30. The number of anilines is 2. The van der Waals surface area contributed by atoms with Crippen molar-refractivity contribution in [2.45, 2.75) is 33.8 Å². The third-order valence-corrected chi connectivity index (χ3v) is 3.52. The summed E-state index contributed by atoms with van der Waals surface area (Å²) in [6.07, 6.45) is -0.644. The summed E-state index contributed by atoms with van der Waals surface area (Å²) in [6, 6.07) is 12.8. The monoisotopic (exact) mass is 326 g/mol. The molecule has 24 heavy (non-hydrogen) atoms. The number of ether oxygens (including phenoxy) is 1. The van der Waals surface area contributed by atoms with Gasteiger partial charge in [-0.3, -0.25) is 9.59 Å². The SMILES string of the molecule is CC(=O)Nc1cccc(NC(=O)[C@H](C)Oc2c(C)cccc2C)c1. The third-order valence-electron chi connectivity index (χ3n) is 3.52. The molecule has 0 aromatic heterocycles. The van der Waals surface area contributed by atoms with Crippen LogP contribution in [0.5, 0.6) is 5.75 Å². The minimum absolute atomic E-state index is 0.162. The Balaban J connectivity index is 2.05. The number of nitrogens with one attached hydrogen (secondary N) is 2. The van der Waals surface area contributed by atoms with Crippen molar-refractivity contribution < 1.29 is 14.3 Å². The zero-order valence-corrected chi connectivity index (χ0v) is 14.3. The van der Waals surface area contributed by atoms with E-state index in [2.05, 4.69) is 10.6 Å². The van der Waals surface area contributed by atoms with Crippen molar-refractivity contribution in [3.63, 3.8) is 0 Å². The molecule has 2 aromatic carbocycles. The van der Waals surface area contributed by atoms with Gasteiger partial charge in [0, 0.05) is 18.3 Å². The van der Waals surface area contributed by atoms with Gasteiger partial charge >= 0.3 is 0 Å². The van der Waals surface area contributed by atoms with Crippen molar-refractivity contribution >= 4 is 23.2 Å². The summed E-state index contributed by atoms with van der Waals surface area (Å²) in [4.78, 5) is 23.5. The minimum Gasteiger partial charge on any atom is -0.480 e. The van der Waals surface area contributed by atoms with Gasteiger partial charge in [-0.1, -0.05) is 24.3 Å². The van der Waals surface area contributed by atoms with Gasteiger partial charge in [-0.15, -0.1) is 0 Å². The summed E-state index contributed by atoms with van der Waals surface area (Å²) in [5, 5.41) is 5.48. The lowest BCUT2D eigenvalue weighted by molar-refractivity contribution is -0.122. The number of amides is 2. The third kappa shape index (κ3) is 4.59. The van der Waals surface area contributed by atoms with Gasteiger partial charge in [-0.05, 0) is 50.1 Å². The fourth-order valence-electron chi connectivity index (χ4n) is 2.34. The van der Waals surface area contributed by atoms with Gasteiger partial charge in [-0.2, -0.15) is 0 Å². The molecule has 0 fully saturated rings. The predicted molar refractivity (Wildman–Crippen MR) is 95.4 cm³/mol. The molecule has 0 aliphatic carbocycles. The molecule has 0 heterocycles. The van der Waals surface area contributed by atoms with Gasteiger partial charge in [-0.25, -0.2) is 0 Å². The highest BCUT2D eigenvalue weighted by Gasteiger charge is 2.17. The van der Waals surface area contributed by atoms with Crippen LogP contribution in [0.4, 0.5) is 11.4 Å². The number of rotatable bonds is 5. The van der Waals surface area contributed by atoms with Crippen LogP contribution >= 0.6 is 0 Å². The van der Waals surface area contributed by atoms with Gasteiger partial charge in [0.1, 0.15) is 5.75 Å². The number of hydrogen-bond acceptors (Lipinski definition) is 3. The molecule has 0 saturated heterocycles. The summed E-state index contributed by atoms with van der Waals surface area (Å²) in [6.45, 7) is 7.04. The van der Waals surface area contributed by atoms with Crippen LogP contribution in [-0.2, 0) is 9.59 Å². The molecule has 2 N–H and O–H groups in total. The second-order valence-corrected chi connectivity index (χ2v) is 5.73. The maximum absolute atomic E-state index is 12.3. The first-order valence-electron chi connectivity index (χ1n) is 7.78. The maximum Gasteiger partial charge on any atom is 0.265 e. The molecule has 0 aliphatic rings. The van der Waals surface area contributed by atoms with E-state index in [1.54, 1.807) is 31.2 Å². The summed E-state index contributed by atoms with van der Waals surface area (Å²) in [5.41, 5.74) is 3.21. The molecule has 2 aromatic rings. The quantitative estimate of drug-likeness (QED) is 0.881. The number of carbonyl (C=O) groups excluding carboxylic acids is 2. The van der Waals surface area contributed by atoms with Crippen molar-refractivity contribution in [2.24, 2.45) is 0 Å². The minimum atomic E-state index is -0.644. The van der Waals surface area contributed by atoms with Crippen LogP contribution in [-0.4, -0.2) is 17.9 Å². The largest absolute Gasteiger partial charge is 0.480 e. The Labute approximate surface area is 142 Å². The van der Waals surface area contributed by atoms with Crippen LogP contribution in [0.2, 0.25) is 0 Å². The van der Waals surface area contributed by atoms with E-state index in [1.807, 2.05) is 32.0 Å². The van der Waals surface area contributed by atoms with E-state index in [0.717, 1.165) is 16.9 Å². The molecule has 2 amide bonds. The first kappa shape index (κ1) is 17.5. The summed E-state index contributed by atoms with van der Waals surface area (Å²) in [7, 11) is 0. The number of para-hydroxylation sites is 1. The van der Waals surface area contributed by atoms with Gasteiger partial charge in [0.15, 0.2) is 6.10 Å². The van der Waals surface area contributed by atoms with Crippen LogP contribution in [0, 0.1) is 13.8 Å². The van der Waals surface area contributed by atoms with E-state index in [-0.39, 0.29) is 11.8 Å². The smallest absolute Gasteiger partial charge is 0.265 e. The Hall–Kier alpha value is -2.82. The Morgan fingerprint density at radius 3 is 2.08 bits per heavy atom. The molecule has 126 valence electrons. The molecule has 0 bridgehead atoms. The fraction of sp³-hybridized carbons (Fsp3) is 0.263. The van der Waals surface area contributed by atoms with Crippen LogP contribution in [0.1, 0.15) is 25.0 Å². The Kier molecular flexibility index (Phi) is 5.58. The Morgan fingerprint density at radius 2 is 1.50 bits per heavy atom. The molecule has 0 aliphatic heterocycles. The zero-order valence-electron chi connectivity index (χ0n) is 14.3. The summed E-state index contributed by atoms with van der Waals surface area (Å²) in [5.74, 6) is 0.315. The van der Waals surface area contributed by atoms with E-state index >= 15 is 0 Å². The number of benzene rings is 2. The molecule has 0 unspecified atom stereocenters. The van der Waals surface area contributed by atoms with E-state index in [9.17, 15) is 9.59 Å². The van der Waals surface area contributed by atoms with Gasteiger partial charge in [0.25, 0.3) is 5.91 Å². The molecule has 0 saturated carbocycles. The van der Waals surface area contributed by atoms with Crippen LogP contribution in [0.25, 0.3) is 0 Å². The molecule has 5 heteroatoms. The standard InChI is InChI=1S/C19H22N2O3/c1-12-7-5-8-13(2)18(12)24-14(3)19(23)21-17-10-6-9-16(11-17)20-15(4)22/h5-11,14H,1-4H3,(H,20,22)(H,21,23)/t14-/m0/s1. The first-order valence-corrected chi connectivity index (χ1v) is 7.78. The lowest BCUT2D eigenvalue weighted by Gasteiger charge is -2.18. The van der Waals surface area contributed by atoms with E-state index in [4.69, 9.17) is 4.74 Å². The van der Waals surface area contributed by atoms with Crippen LogP contribution < -0.4 is 15.4 Å². The van der Waals surface area contributed by atoms with Crippen molar-refractivity contribution in [3.05, 3.63) is 53.6 Å². The van der Waals surface area contributed by atoms with Crippen molar-refractivity contribution in [1.82, 2.24) is 0 Å². The van der Waals surface area contributed by atoms with Crippen molar-refractivity contribution in [2.75, 3.05) is 10.6 Å². The summed E-state index contributed by atoms with van der Waals surface area (Å²) < 4.78 is 5.82. The highest BCUT2D eigenvalue weighted by atomic mass is 16.5. The lowest BCUT2D eigenvalue weighted by atomic mass is 10.1. The number of hydrogen-bond donors (Lipinski definition) is 2. The van der Waals surface area contributed by atoms with E-state index in [0.29, 0.717) is 11.4 Å². The van der Waals surface area contributed by atoms with E-state index in [1.165, 1.54) is 6.92 Å². The average molecular weight is 326 g/mol. The molecule has 0 radical (unpaired) electrons. The van der Waals surface area contributed by atoms with Gasteiger partial charge in [0.2, 0.25) is 5.91 Å². The van der Waals surface area contributed by atoms with Crippen molar-refractivity contribution in [1.29, 1.82) is 0 Å². The normalized spacial score (nSPS) is 11.5. The van der Waals surface area contributed by atoms with Gasteiger partial charge in [0.05, 0.1) is 0 Å². The predicted octanol–water partition coefficient (Wildman–Crippen LogP) is 3.67. The van der Waals surface area contributed by atoms with Crippen molar-refractivity contribution in [3.8, 4) is 5.75 Å². The average Bonchev–Trinajstić information content (AvgIpc) is 2.50. The second-order valence-electron chi connectivity index (χ2n) is 5.73. The second kappa shape index (κ2) is 7.64. The first-order chi connectivity index (χ1) is 11.4. The summed E-state index contributed by atoms with van der Waals surface area (Å²) >= 11 is 0. The number of carbonyl (C=O) groups is 2. The van der Waals surface area contributed by atoms with Gasteiger partial charge < -0.3 is 15.4 Å². The molecular weight excluding hydrogens is 304 g/mol. The fourth-order valence-corrected chi connectivity index (χ4v) is 2.34. The van der Waals surface area contributed by atoms with Crippen LogP contribution in [0.3, 0.4) is 0 Å². The molecule has 2 rings (SSSR count). The molecule has 5 nitrogen and oxygen atoms in total. The highest BCUT2D eigenvalue weighted by molar-refractivity contribution is 5.95. The maximum atomic E-state index is 12.3. The number of aryl methyl sites for hydroxylation is 2. The molecule has 1 atom stereocenters.